The number of benzene rings is 2. The van der Waals surface area contributed by atoms with Crippen molar-refractivity contribution < 1.29 is 9.59 Å². The van der Waals surface area contributed by atoms with Gasteiger partial charge >= 0.3 is 0 Å². The molecule has 2 N–H and O–H groups in total. The first kappa shape index (κ1) is 16.9. The molecule has 0 heterocycles. The first-order valence-electron chi connectivity index (χ1n) is 7.26. The van der Waals surface area contributed by atoms with Gasteiger partial charge in [0.05, 0.1) is 5.69 Å². The van der Waals surface area contributed by atoms with E-state index in [0.29, 0.717) is 11.4 Å². The Labute approximate surface area is 141 Å². The normalized spacial score (nSPS) is 9.08. The molecule has 4 heteroatoms. The van der Waals surface area contributed by atoms with Crippen LogP contribution in [0.1, 0.15) is 25.0 Å². The minimum Gasteiger partial charge on any atom is -0.399 e. The van der Waals surface area contributed by atoms with E-state index in [4.69, 9.17) is 5.73 Å². The minimum atomic E-state index is -0.323. The number of carbonyl (C=O) groups excluding carboxylic acids is 2. The molecular formula is C20H16N2O2. The highest BCUT2D eigenvalue weighted by molar-refractivity contribution is 6.13. The SMILES string of the molecule is CC(=O)N(C(C)=O)c1ccc(C#CC#Cc2ccc(N)cc2)cc1. The highest BCUT2D eigenvalue weighted by Crippen LogP contribution is 2.15. The molecule has 2 aromatic rings. The Balaban J connectivity index is 2.12. The number of carbonyl (C=O) groups is 2. The smallest absolute Gasteiger partial charge is 0.230 e. The maximum atomic E-state index is 11.5. The number of imide groups is 1. The van der Waals surface area contributed by atoms with Crippen molar-refractivity contribution in [3.05, 3.63) is 59.7 Å². The second kappa shape index (κ2) is 7.67. The Hall–Kier alpha value is -3.50. The number of nitrogens with zero attached hydrogens (tertiary/aromatic N) is 1. The number of nitrogens with two attached hydrogens (primary N) is 1. The van der Waals surface area contributed by atoms with Crippen molar-refractivity contribution >= 4 is 23.2 Å². The lowest BCUT2D eigenvalue weighted by Gasteiger charge is -2.16. The summed E-state index contributed by atoms with van der Waals surface area (Å²) in [7, 11) is 0. The zero-order chi connectivity index (χ0) is 17.5. The van der Waals surface area contributed by atoms with Crippen molar-refractivity contribution in [3.8, 4) is 23.7 Å². The third-order valence-electron chi connectivity index (χ3n) is 3.14. The number of nitrogen functional groups attached to an aromatic ring is 1. The van der Waals surface area contributed by atoms with Crippen LogP contribution in [0.25, 0.3) is 0 Å². The molecule has 0 radical (unpaired) electrons. The number of hydrogen-bond donors (Lipinski definition) is 1. The van der Waals surface area contributed by atoms with E-state index in [2.05, 4.69) is 23.7 Å². The summed E-state index contributed by atoms with van der Waals surface area (Å²) in [6, 6.07) is 14.1. The van der Waals surface area contributed by atoms with E-state index in [1.807, 2.05) is 12.1 Å². The molecule has 0 aliphatic carbocycles. The van der Waals surface area contributed by atoms with Crippen LogP contribution in [0.2, 0.25) is 0 Å². The third kappa shape index (κ3) is 4.50. The predicted octanol–water partition coefficient (Wildman–Crippen LogP) is 2.57. The van der Waals surface area contributed by atoms with E-state index in [1.165, 1.54) is 13.8 Å². The summed E-state index contributed by atoms with van der Waals surface area (Å²) in [5.41, 5.74) is 8.41. The molecule has 0 aliphatic rings. The molecule has 0 saturated carbocycles. The van der Waals surface area contributed by atoms with Crippen LogP contribution in [0, 0.1) is 23.7 Å². The lowest BCUT2D eigenvalue weighted by atomic mass is 10.2. The summed E-state index contributed by atoms with van der Waals surface area (Å²) in [6.45, 7) is 2.70. The molecule has 0 spiro atoms. The van der Waals surface area contributed by atoms with E-state index in [9.17, 15) is 9.59 Å². The number of hydrogen-bond acceptors (Lipinski definition) is 3. The van der Waals surface area contributed by atoms with Crippen LogP contribution in [0.3, 0.4) is 0 Å². The van der Waals surface area contributed by atoms with Crippen molar-refractivity contribution in [2.24, 2.45) is 0 Å². The largest absolute Gasteiger partial charge is 0.399 e. The van der Waals surface area contributed by atoms with E-state index >= 15 is 0 Å². The van der Waals surface area contributed by atoms with Gasteiger partial charge in [0.25, 0.3) is 0 Å². The second-order valence-corrected chi connectivity index (χ2v) is 5.04. The first-order valence-corrected chi connectivity index (χ1v) is 7.26. The van der Waals surface area contributed by atoms with Gasteiger partial charge in [-0.05, 0) is 60.4 Å². The fraction of sp³-hybridized carbons (Fsp3) is 0.100. The second-order valence-electron chi connectivity index (χ2n) is 5.04. The maximum Gasteiger partial charge on any atom is 0.230 e. The van der Waals surface area contributed by atoms with Gasteiger partial charge in [0.2, 0.25) is 11.8 Å². The summed E-state index contributed by atoms with van der Waals surface area (Å²) < 4.78 is 0. The molecule has 0 bridgehead atoms. The van der Waals surface area contributed by atoms with Gasteiger partial charge in [0.1, 0.15) is 0 Å². The standard InChI is InChI=1S/C20H16N2O2/c1-15(23)22(16(2)24)20-13-9-18(10-14-20)6-4-3-5-17-7-11-19(21)12-8-17/h7-14H,21H2,1-2H3. The number of amides is 2. The van der Waals surface area contributed by atoms with Crippen molar-refractivity contribution in [2.75, 3.05) is 10.6 Å². The van der Waals surface area contributed by atoms with Gasteiger partial charge in [-0.15, -0.1) is 0 Å². The lowest BCUT2D eigenvalue weighted by molar-refractivity contribution is -0.124. The van der Waals surface area contributed by atoms with Crippen molar-refractivity contribution in [1.29, 1.82) is 0 Å². The molecule has 0 unspecified atom stereocenters. The van der Waals surface area contributed by atoms with Crippen LogP contribution < -0.4 is 10.6 Å². The molecule has 0 aliphatic heterocycles. The van der Waals surface area contributed by atoms with Gasteiger partial charge in [-0.3, -0.25) is 14.5 Å². The number of rotatable bonds is 1. The zero-order valence-corrected chi connectivity index (χ0v) is 13.5. The number of anilines is 2. The Kier molecular flexibility index (Phi) is 5.39. The predicted molar refractivity (Wildman–Crippen MR) is 94.9 cm³/mol. The maximum absolute atomic E-state index is 11.5. The fourth-order valence-electron chi connectivity index (χ4n) is 2.05. The van der Waals surface area contributed by atoms with Crippen molar-refractivity contribution in [1.82, 2.24) is 0 Å². The first-order chi connectivity index (χ1) is 11.5. The van der Waals surface area contributed by atoms with Crippen LogP contribution in [0.5, 0.6) is 0 Å². The van der Waals surface area contributed by atoms with Gasteiger partial charge in [-0.2, -0.15) is 0 Å². The highest BCUT2D eigenvalue weighted by Gasteiger charge is 2.15. The minimum absolute atomic E-state index is 0.323. The summed E-state index contributed by atoms with van der Waals surface area (Å²) in [5, 5.41) is 0. The van der Waals surface area contributed by atoms with Gasteiger partial charge < -0.3 is 5.73 Å². The van der Waals surface area contributed by atoms with Crippen LogP contribution >= 0.6 is 0 Å². The third-order valence-corrected chi connectivity index (χ3v) is 3.14. The molecule has 0 aromatic heterocycles. The summed E-state index contributed by atoms with van der Waals surface area (Å²) in [6.07, 6.45) is 0. The molecule has 24 heavy (non-hydrogen) atoms. The molecule has 4 nitrogen and oxygen atoms in total. The quantitative estimate of drug-likeness (QED) is 0.649. The van der Waals surface area contributed by atoms with Crippen molar-refractivity contribution in [3.63, 3.8) is 0 Å². The van der Waals surface area contributed by atoms with Crippen LogP contribution in [0.4, 0.5) is 11.4 Å². The average molecular weight is 316 g/mol. The molecular weight excluding hydrogens is 300 g/mol. The van der Waals surface area contributed by atoms with Gasteiger partial charge in [-0.1, -0.05) is 11.8 Å². The van der Waals surface area contributed by atoms with Crippen LogP contribution in [-0.4, -0.2) is 11.8 Å². The topological polar surface area (TPSA) is 63.4 Å². The van der Waals surface area contributed by atoms with E-state index in [0.717, 1.165) is 16.0 Å². The highest BCUT2D eigenvalue weighted by atomic mass is 16.2. The monoisotopic (exact) mass is 316 g/mol. The Morgan fingerprint density at radius 1 is 0.792 bits per heavy atom. The fourth-order valence-corrected chi connectivity index (χ4v) is 2.05. The van der Waals surface area contributed by atoms with E-state index < -0.39 is 0 Å². The summed E-state index contributed by atoms with van der Waals surface area (Å²) in [4.78, 5) is 24.1. The lowest BCUT2D eigenvalue weighted by Crippen LogP contribution is -2.32. The Morgan fingerprint density at radius 2 is 1.21 bits per heavy atom. The molecule has 0 saturated heterocycles. The molecule has 2 amide bonds. The molecule has 0 atom stereocenters. The van der Waals surface area contributed by atoms with Gasteiger partial charge in [0.15, 0.2) is 0 Å². The molecule has 0 fully saturated rings. The van der Waals surface area contributed by atoms with E-state index in [-0.39, 0.29) is 11.8 Å². The summed E-state index contributed by atoms with van der Waals surface area (Å²) in [5.74, 6) is 10.7. The van der Waals surface area contributed by atoms with Crippen LogP contribution in [-0.2, 0) is 9.59 Å². The van der Waals surface area contributed by atoms with E-state index in [1.54, 1.807) is 36.4 Å². The molecule has 2 aromatic carbocycles. The van der Waals surface area contributed by atoms with Crippen molar-refractivity contribution in [2.45, 2.75) is 13.8 Å². The molecule has 2 rings (SSSR count). The Bertz CT molecular complexity index is 860. The Morgan fingerprint density at radius 3 is 1.62 bits per heavy atom. The van der Waals surface area contributed by atoms with Gasteiger partial charge in [-0.25, -0.2) is 0 Å². The van der Waals surface area contributed by atoms with Crippen LogP contribution in [0.15, 0.2) is 48.5 Å². The van der Waals surface area contributed by atoms with Gasteiger partial charge in [0, 0.05) is 30.7 Å². The zero-order valence-electron chi connectivity index (χ0n) is 13.5. The summed E-state index contributed by atoms with van der Waals surface area (Å²) >= 11 is 0. The molecule has 118 valence electrons. The average Bonchev–Trinajstić information content (AvgIpc) is 2.54.